The van der Waals surface area contributed by atoms with Gasteiger partial charge in [0.25, 0.3) is 20.0 Å². The van der Waals surface area contributed by atoms with Gasteiger partial charge >= 0.3 is 0 Å². The Labute approximate surface area is 220 Å². The van der Waals surface area contributed by atoms with Crippen molar-refractivity contribution in [2.24, 2.45) is 0 Å². The van der Waals surface area contributed by atoms with Crippen molar-refractivity contribution in [2.45, 2.75) is 23.6 Å². The van der Waals surface area contributed by atoms with Crippen molar-refractivity contribution in [3.63, 3.8) is 0 Å². The second-order valence-electron chi connectivity index (χ2n) is 7.56. The topological polar surface area (TPSA) is 118 Å². The summed E-state index contributed by atoms with van der Waals surface area (Å²) in [6.45, 7) is 3.79. The maximum atomic E-state index is 12.0. The van der Waals surface area contributed by atoms with Crippen LogP contribution >= 0.6 is 23.2 Å². The van der Waals surface area contributed by atoms with E-state index in [4.69, 9.17) is 23.2 Å². The van der Waals surface area contributed by atoms with Crippen LogP contribution in [-0.4, -0.2) is 26.8 Å². The van der Waals surface area contributed by atoms with E-state index in [-0.39, 0.29) is 21.4 Å². The number of aromatic nitrogens is 2. The van der Waals surface area contributed by atoms with Crippen molar-refractivity contribution in [3.05, 3.63) is 106 Å². The highest BCUT2D eigenvalue weighted by atomic mass is 35.5. The van der Waals surface area contributed by atoms with Crippen LogP contribution in [0.15, 0.2) is 95.0 Å². The summed E-state index contributed by atoms with van der Waals surface area (Å²) in [6.07, 6.45) is 2.77. The molecule has 0 saturated heterocycles. The molecule has 2 heterocycles. The standard InChI is InChI=1S/2C12H11ClN2O2S/c2*1-9-2-5-11(6-3-9)18(16,17)15-12-7-4-10(13)8-14-12/h2*2-8H,1H3,(H,14,15). The Morgan fingerprint density at radius 2 is 0.889 bits per heavy atom. The first-order valence-electron chi connectivity index (χ1n) is 10.4. The molecule has 12 heteroatoms. The second-order valence-corrected chi connectivity index (χ2v) is 11.8. The molecule has 8 nitrogen and oxygen atoms in total. The van der Waals surface area contributed by atoms with Gasteiger partial charge in [-0.15, -0.1) is 0 Å². The lowest BCUT2D eigenvalue weighted by Crippen LogP contribution is -2.13. The number of hydrogen-bond acceptors (Lipinski definition) is 6. The largest absolute Gasteiger partial charge is 0.263 e. The van der Waals surface area contributed by atoms with Gasteiger partial charge < -0.3 is 0 Å². The molecule has 0 aliphatic carbocycles. The number of nitrogens with one attached hydrogen (secondary N) is 2. The van der Waals surface area contributed by atoms with Crippen LogP contribution in [0.3, 0.4) is 0 Å². The molecule has 0 atom stereocenters. The molecule has 4 aromatic rings. The highest BCUT2D eigenvalue weighted by Crippen LogP contribution is 2.17. The van der Waals surface area contributed by atoms with Crippen molar-refractivity contribution in [1.82, 2.24) is 9.97 Å². The molecule has 0 saturated carbocycles. The number of rotatable bonds is 6. The summed E-state index contributed by atoms with van der Waals surface area (Å²) >= 11 is 11.4. The molecule has 0 spiro atoms. The first-order valence-corrected chi connectivity index (χ1v) is 14.1. The van der Waals surface area contributed by atoms with Crippen LogP contribution in [0.5, 0.6) is 0 Å². The maximum Gasteiger partial charge on any atom is 0.263 e. The Morgan fingerprint density at radius 3 is 1.17 bits per heavy atom. The van der Waals surface area contributed by atoms with Crippen molar-refractivity contribution in [3.8, 4) is 0 Å². The van der Waals surface area contributed by atoms with Gasteiger partial charge in [0.05, 0.1) is 19.8 Å². The Hall–Kier alpha value is -3.18. The summed E-state index contributed by atoms with van der Waals surface area (Å²) in [5, 5.41) is 0.904. The molecule has 0 amide bonds. The van der Waals surface area contributed by atoms with Crippen LogP contribution < -0.4 is 9.44 Å². The van der Waals surface area contributed by atoms with E-state index in [2.05, 4.69) is 19.4 Å². The third-order valence-corrected chi connectivity index (χ3v) is 7.78. The van der Waals surface area contributed by atoms with Gasteiger partial charge in [0, 0.05) is 12.4 Å². The van der Waals surface area contributed by atoms with Gasteiger partial charge in [0.15, 0.2) is 0 Å². The highest BCUT2D eigenvalue weighted by molar-refractivity contribution is 7.93. The lowest BCUT2D eigenvalue weighted by atomic mass is 10.2. The minimum atomic E-state index is -3.60. The van der Waals surface area contributed by atoms with E-state index in [0.29, 0.717) is 10.0 Å². The van der Waals surface area contributed by atoms with E-state index in [1.54, 1.807) is 60.7 Å². The Kier molecular flexibility index (Phi) is 8.91. The fourth-order valence-corrected chi connectivity index (χ4v) is 4.94. The normalized spacial score (nSPS) is 11.2. The molecule has 188 valence electrons. The van der Waals surface area contributed by atoms with Crippen LogP contribution in [0, 0.1) is 13.8 Å². The predicted molar refractivity (Wildman–Crippen MR) is 142 cm³/mol. The third kappa shape index (κ3) is 7.92. The number of hydrogen-bond donors (Lipinski definition) is 2. The number of benzene rings is 2. The number of anilines is 2. The van der Waals surface area contributed by atoms with Crippen LogP contribution in [0.1, 0.15) is 11.1 Å². The minimum Gasteiger partial charge on any atom is -0.263 e. The highest BCUT2D eigenvalue weighted by Gasteiger charge is 2.15. The van der Waals surface area contributed by atoms with Crippen molar-refractivity contribution >= 4 is 54.9 Å². The summed E-state index contributed by atoms with van der Waals surface area (Å²) in [5.74, 6) is 0.472. The van der Waals surface area contributed by atoms with Gasteiger partial charge in [0.1, 0.15) is 11.6 Å². The van der Waals surface area contributed by atoms with Crippen molar-refractivity contribution < 1.29 is 16.8 Å². The predicted octanol–water partition coefficient (Wildman–Crippen LogP) is 5.69. The SMILES string of the molecule is Cc1ccc(S(=O)(=O)Nc2ccc(Cl)cn2)cc1.Cc1ccc(S(=O)(=O)Nc2ccc(Cl)cn2)cc1. The average Bonchev–Trinajstić information content (AvgIpc) is 2.83. The maximum absolute atomic E-state index is 12.0. The molecule has 0 unspecified atom stereocenters. The first kappa shape index (κ1) is 27.4. The second kappa shape index (κ2) is 11.7. The molecular formula is C24H22Cl2N4O4S2. The number of nitrogens with zero attached hydrogens (tertiary/aromatic N) is 2. The van der Waals surface area contributed by atoms with E-state index in [9.17, 15) is 16.8 Å². The summed E-state index contributed by atoms with van der Waals surface area (Å²) < 4.78 is 52.8. The number of pyridine rings is 2. The minimum absolute atomic E-state index is 0.199. The quantitative estimate of drug-likeness (QED) is 0.310. The number of sulfonamides is 2. The molecule has 4 rings (SSSR count). The first-order chi connectivity index (χ1) is 16.9. The summed E-state index contributed by atoms with van der Waals surface area (Å²) in [5.41, 5.74) is 2.00. The molecule has 2 aromatic heterocycles. The van der Waals surface area contributed by atoms with Gasteiger partial charge in [-0.3, -0.25) is 9.44 Å². The fourth-order valence-electron chi connectivity index (χ4n) is 2.70. The van der Waals surface area contributed by atoms with Gasteiger partial charge in [-0.05, 0) is 62.4 Å². The lowest BCUT2D eigenvalue weighted by Gasteiger charge is -2.07. The summed E-state index contributed by atoms with van der Waals surface area (Å²) in [4.78, 5) is 8.17. The van der Waals surface area contributed by atoms with Crippen LogP contribution in [0.25, 0.3) is 0 Å². The molecule has 0 bridgehead atoms. The molecule has 0 aliphatic heterocycles. The van der Waals surface area contributed by atoms with Crippen LogP contribution in [0.4, 0.5) is 11.6 Å². The van der Waals surface area contributed by atoms with E-state index >= 15 is 0 Å². The van der Waals surface area contributed by atoms with Gasteiger partial charge in [-0.25, -0.2) is 26.8 Å². The zero-order valence-corrected chi connectivity index (χ0v) is 22.3. The molecule has 2 N–H and O–H groups in total. The molecule has 0 radical (unpaired) electrons. The molecule has 36 heavy (non-hydrogen) atoms. The Balaban J connectivity index is 0.000000201. The van der Waals surface area contributed by atoms with Crippen molar-refractivity contribution in [1.29, 1.82) is 0 Å². The fraction of sp³-hybridized carbons (Fsp3) is 0.0833. The zero-order valence-electron chi connectivity index (χ0n) is 19.2. The number of halogens is 2. The Bertz CT molecular complexity index is 1390. The number of aryl methyl sites for hydroxylation is 2. The molecular weight excluding hydrogens is 543 g/mol. The van der Waals surface area contributed by atoms with Gasteiger partial charge in [0.2, 0.25) is 0 Å². The third-order valence-electron chi connectivity index (χ3n) is 4.60. The van der Waals surface area contributed by atoms with Gasteiger partial charge in [-0.1, -0.05) is 58.6 Å². The van der Waals surface area contributed by atoms with Crippen LogP contribution in [0.2, 0.25) is 10.0 Å². The van der Waals surface area contributed by atoms with Crippen molar-refractivity contribution in [2.75, 3.05) is 9.44 Å². The summed E-state index contributed by atoms with van der Waals surface area (Å²) in [7, 11) is -7.20. The molecule has 0 fully saturated rings. The monoisotopic (exact) mass is 564 g/mol. The van der Waals surface area contributed by atoms with Gasteiger partial charge in [-0.2, -0.15) is 0 Å². The van der Waals surface area contributed by atoms with E-state index < -0.39 is 20.0 Å². The average molecular weight is 566 g/mol. The smallest absolute Gasteiger partial charge is 0.263 e. The summed E-state index contributed by atoms with van der Waals surface area (Å²) in [6, 6.07) is 19.3. The molecule has 0 aliphatic rings. The molecule has 2 aromatic carbocycles. The van der Waals surface area contributed by atoms with E-state index in [1.165, 1.54) is 24.5 Å². The lowest BCUT2D eigenvalue weighted by molar-refractivity contribution is 0.599. The van der Waals surface area contributed by atoms with Crippen LogP contribution in [-0.2, 0) is 20.0 Å². The van der Waals surface area contributed by atoms with E-state index in [1.807, 2.05) is 13.8 Å². The van der Waals surface area contributed by atoms with E-state index in [0.717, 1.165) is 11.1 Å². The Morgan fingerprint density at radius 1 is 0.556 bits per heavy atom. The zero-order chi connectivity index (χ0) is 26.3.